The molecule has 0 aliphatic carbocycles. The van der Waals surface area contributed by atoms with Crippen LogP contribution in [0.15, 0.2) is 23.1 Å². The van der Waals surface area contributed by atoms with Crippen molar-refractivity contribution in [3.63, 3.8) is 0 Å². The van der Waals surface area contributed by atoms with Gasteiger partial charge in [-0.25, -0.2) is 12.8 Å². The number of halogens is 2. The molecule has 1 unspecified atom stereocenters. The van der Waals surface area contributed by atoms with Crippen LogP contribution < -0.4 is 0 Å². The fourth-order valence-electron chi connectivity index (χ4n) is 2.11. The van der Waals surface area contributed by atoms with Crippen LogP contribution in [0.25, 0.3) is 0 Å². The standard InChI is InChI=1S/C12H15BrFNO3S/c1-9-6-10(14)2-3-12(9)19(16,17)15-4-5-18-8-11(15)7-13/h2-3,6,11H,4-5,7-8H2,1H3. The highest BCUT2D eigenvalue weighted by molar-refractivity contribution is 9.09. The van der Waals surface area contributed by atoms with Gasteiger partial charge in [0.2, 0.25) is 10.0 Å². The fraction of sp³-hybridized carbons (Fsp3) is 0.500. The number of morpholine rings is 1. The van der Waals surface area contributed by atoms with Crippen LogP contribution in [0.2, 0.25) is 0 Å². The van der Waals surface area contributed by atoms with Gasteiger partial charge in [0.15, 0.2) is 0 Å². The van der Waals surface area contributed by atoms with Gasteiger partial charge in [0.1, 0.15) is 5.82 Å². The lowest BCUT2D eigenvalue weighted by Gasteiger charge is -2.33. The molecule has 1 aliphatic heterocycles. The van der Waals surface area contributed by atoms with Gasteiger partial charge in [-0.2, -0.15) is 4.31 Å². The third-order valence-electron chi connectivity index (χ3n) is 3.08. The molecule has 0 bridgehead atoms. The molecule has 1 aromatic rings. The monoisotopic (exact) mass is 351 g/mol. The Morgan fingerprint density at radius 2 is 2.26 bits per heavy atom. The smallest absolute Gasteiger partial charge is 0.243 e. The average molecular weight is 352 g/mol. The molecule has 0 aromatic heterocycles. The van der Waals surface area contributed by atoms with Gasteiger partial charge in [-0.05, 0) is 30.7 Å². The predicted molar refractivity (Wildman–Crippen MR) is 73.4 cm³/mol. The number of hydrogen-bond donors (Lipinski definition) is 0. The summed E-state index contributed by atoms with van der Waals surface area (Å²) in [6.07, 6.45) is 0. The van der Waals surface area contributed by atoms with Gasteiger partial charge >= 0.3 is 0 Å². The van der Waals surface area contributed by atoms with Crippen molar-refractivity contribution in [1.29, 1.82) is 0 Å². The molecule has 1 aliphatic rings. The Morgan fingerprint density at radius 1 is 1.53 bits per heavy atom. The van der Waals surface area contributed by atoms with Gasteiger partial charge in [-0.15, -0.1) is 0 Å². The van der Waals surface area contributed by atoms with E-state index in [1.165, 1.54) is 22.5 Å². The minimum Gasteiger partial charge on any atom is -0.378 e. The molecule has 0 saturated carbocycles. The number of rotatable bonds is 3. The van der Waals surface area contributed by atoms with Crippen LogP contribution in [0.3, 0.4) is 0 Å². The van der Waals surface area contributed by atoms with Gasteiger partial charge in [0.05, 0.1) is 24.2 Å². The minimum atomic E-state index is -3.61. The molecule has 1 saturated heterocycles. The van der Waals surface area contributed by atoms with E-state index in [0.717, 1.165) is 0 Å². The number of nitrogens with zero attached hydrogens (tertiary/aromatic N) is 1. The van der Waals surface area contributed by atoms with Crippen LogP contribution in [-0.2, 0) is 14.8 Å². The summed E-state index contributed by atoms with van der Waals surface area (Å²) in [7, 11) is -3.61. The lowest BCUT2D eigenvalue weighted by molar-refractivity contribution is 0.0413. The van der Waals surface area contributed by atoms with Crippen molar-refractivity contribution in [2.45, 2.75) is 17.9 Å². The van der Waals surface area contributed by atoms with E-state index in [2.05, 4.69) is 15.9 Å². The molecule has 106 valence electrons. The van der Waals surface area contributed by atoms with Gasteiger partial charge < -0.3 is 4.74 Å². The van der Waals surface area contributed by atoms with E-state index >= 15 is 0 Å². The average Bonchev–Trinajstić information content (AvgIpc) is 2.38. The molecule has 1 aromatic carbocycles. The second-order valence-corrected chi connectivity index (χ2v) is 6.92. The Bertz CT molecular complexity index is 564. The Morgan fingerprint density at radius 3 is 2.89 bits per heavy atom. The zero-order chi connectivity index (χ0) is 14.0. The SMILES string of the molecule is Cc1cc(F)ccc1S(=O)(=O)N1CCOCC1CBr. The lowest BCUT2D eigenvalue weighted by Crippen LogP contribution is -2.49. The maximum absolute atomic E-state index is 13.1. The molecule has 7 heteroatoms. The summed E-state index contributed by atoms with van der Waals surface area (Å²) >= 11 is 3.30. The van der Waals surface area contributed by atoms with E-state index in [1.54, 1.807) is 6.92 Å². The molecular weight excluding hydrogens is 337 g/mol. The zero-order valence-corrected chi connectivity index (χ0v) is 12.9. The summed E-state index contributed by atoms with van der Waals surface area (Å²) in [6, 6.07) is 3.49. The van der Waals surface area contributed by atoms with Crippen molar-refractivity contribution < 1.29 is 17.5 Å². The van der Waals surface area contributed by atoms with E-state index in [4.69, 9.17) is 4.74 Å². The van der Waals surface area contributed by atoms with Crippen molar-refractivity contribution in [1.82, 2.24) is 4.31 Å². The van der Waals surface area contributed by atoms with E-state index in [9.17, 15) is 12.8 Å². The molecule has 1 atom stereocenters. The number of ether oxygens (including phenoxy) is 1. The Kier molecular flexibility index (Phi) is 4.60. The first-order chi connectivity index (χ1) is 8.96. The highest BCUT2D eigenvalue weighted by Gasteiger charge is 2.34. The maximum Gasteiger partial charge on any atom is 0.243 e. The lowest BCUT2D eigenvalue weighted by atomic mass is 10.2. The number of alkyl halides is 1. The number of benzene rings is 1. The van der Waals surface area contributed by atoms with Gasteiger partial charge in [-0.3, -0.25) is 0 Å². The van der Waals surface area contributed by atoms with E-state index in [0.29, 0.717) is 30.7 Å². The van der Waals surface area contributed by atoms with Crippen LogP contribution in [0.5, 0.6) is 0 Å². The highest BCUT2D eigenvalue weighted by Crippen LogP contribution is 2.24. The van der Waals surface area contributed by atoms with Crippen molar-refractivity contribution in [2.24, 2.45) is 0 Å². The predicted octanol–water partition coefficient (Wildman–Crippen LogP) is 1.92. The summed E-state index contributed by atoms with van der Waals surface area (Å²) in [6.45, 7) is 2.66. The van der Waals surface area contributed by atoms with Crippen LogP contribution in [0.4, 0.5) is 4.39 Å². The van der Waals surface area contributed by atoms with E-state index < -0.39 is 15.8 Å². The number of sulfonamides is 1. The third kappa shape index (κ3) is 2.99. The molecule has 1 heterocycles. The van der Waals surface area contributed by atoms with E-state index in [1.807, 2.05) is 0 Å². The Labute approximate surface area is 120 Å². The fourth-order valence-corrected chi connectivity index (χ4v) is 4.64. The zero-order valence-electron chi connectivity index (χ0n) is 10.5. The highest BCUT2D eigenvalue weighted by atomic mass is 79.9. The van der Waals surface area contributed by atoms with Crippen molar-refractivity contribution >= 4 is 26.0 Å². The van der Waals surface area contributed by atoms with E-state index in [-0.39, 0.29) is 10.9 Å². The third-order valence-corrected chi connectivity index (χ3v) is 5.93. The summed E-state index contributed by atoms with van der Waals surface area (Å²) in [5, 5.41) is 0.506. The van der Waals surface area contributed by atoms with Crippen LogP contribution >= 0.6 is 15.9 Å². The molecule has 1 fully saturated rings. The van der Waals surface area contributed by atoms with Crippen molar-refractivity contribution in [3.8, 4) is 0 Å². The van der Waals surface area contributed by atoms with Crippen LogP contribution in [0, 0.1) is 12.7 Å². The summed E-state index contributed by atoms with van der Waals surface area (Å²) < 4.78 is 45.0. The van der Waals surface area contributed by atoms with Gasteiger partial charge in [0.25, 0.3) is 0 Å². The van der Waals surface area contributed by atoms with Gasteiger partial charge in [-0.1, -0.05) is 15.9 Å². The largest absolute Gasteiger partial charge is 0.378 e. The number of aryl methyl sites for hydroxylation is 1. The molecule has 0 spiro atoms. The molecule has 0 amide bonds. The maximum atomic E-state index is 13.1. The Hall–Kier alpha value is -0.500. The molecule has 19 heavy (non-hydrogen) atoms. The topological polar surface area (TPSA) is 46.6 Å². The molecule has 4 nitrogen and oxygen atoms in total. The van der Waals surface area contributed by atoms with Gasteiger partial charge in [0, 0.05) is 11.9 Å². The summed E-state index contributed by atoms with van der Waals surface area (Å²) in [5.74, 6) is -0.435. The van der Waals surface area contributed by atoms with Crippen molar-refractivity contribution in [2.75, 3.05) is 25.1 Å². The van der Waals surface area contributed by atoms with Crippen LogP contribution in [0.1, 0.15) is 5.56 Å². The normalized spacial score (nSPS) is 21.5. The quantitative estimate of drug-likeness (QED) is 0.781. The summed E-state index contributed by atoms with van der Waals surface area (Å²) in [5.41, 5.74) is 0.416. The first kappa shape index (κ1) is 14.9. The number of hydrogen-bond acceptors (Lipinski definition) is 3. The molecule has 0 N–H and O–H groups in total. The minimum absolute atomic E-state index is 0.154. The molecule has 2 rings (SSSR count). The second-order valence-electron chi connectivity index (χ2n) is 4.41. The first-order valence-corrected chi connectivity index (χ1v) is 8.44. The Balaban J connectivity index is 2.40. The molecular formula is C12H15BrFNO3S. The van der Waals surface area contributed by atoms with Crippen LogP contribution in [-0.4, -0.2) is 43.9 Å². The second kappa shape index (κ2) is 5.87. The molecule has 0 radical (unpaired) electrons. The first-order valence-electron chi connectivity index (χ1n) is 5.88. The van der Waals surface area contributed by atoms with Crippen molar-refractivity contribution in [3.05, 3.63) is 29.6 Å². The summed E-state index contributed by atoms with van der Waals surface area (Å²) in [4.78, 5) is 0.154.